The molecule has 1 aliphatic carbocycles. The minimum atomic E-state index is 0.141. The van der Waals surface area contributed by atoms with Crippen LogP contribution in [0, 0.1) is 5.92 Å². The Labute approximate surface area is 142 Å². The molecule has 24 heavy (non-hydrogen) atoms. The third kappa shape index (κ3) is 3.09. The molecule has 4 rings (SSSR count). The number of piperidine rings is 1. The number of nitrogens with one attached hydrogen (secondary N) is 1. The summed E-state index contributed by atoms with van der Waals surface area (Å²) in [5.74, 6) is 1.32. The van der Waals surface area contributed by atoms with Crippen LogP contribution >= 0.6 is 0 Å². The molecule has 0 atom stereocenters. The van der Waals surface area contributed by atoms with Gasteiger partial charge in [-0.05, 0) is 25.7 Å². The molecule has 2 aromatic rings. The van der Waals surface area contributed by atoms with Crippen LogP contribution in [0.2, 0.25) is 0 Å². The van der Waals surface area contributed by atoms with E-state index in [9.17, 15) is 4.79 Å². The van der Waals surface area contributed by atoms with Crippen molar-refractivity contribution in [1.29, 1.82) is 0 Å². The predicted molar refractivity (Wildman–Crippen MR) is 92.9 cm³/mol. The van der Waals surface area contributed by atoms with Gasteiger partial charge in [0.25, 0.3) is 0 Å². The number of carbonyl (C=O) groups is 1. The number of carbonyl (C=O) groups excluding carboxylic acids is 1. The molecule has 6 nitrogen and oxygen atoms in total. The smallest absolute Gasteiger partial charge is 0.223 e. The molecule has 2 aromatic heterocycles. The fourth-order valence-corrected chi connectivity index (χ4v) is 3.98. The van der Waals surface area contributed by atoms with E-state index < -0.39 is 0 Å². The van der Waals surface area contributed by atoms with Gasteiger partial charge in [0.1, 0.15) is 0 Å². The van der Waals surface area contributed by atoms with Crippen LogP contribution < -0.4 is 10.2 Å². The van der Waals surface area contributed by atoms with E-state index >= 15 is 0 Å². The zero-order valence-corrected chi connectivity index (χ0v) is 14.0. The highest BCUT2D eigenvalue weighted by molar-refractivity contribution is 5.79. The molecule has 128 valence electrons. The zero-order valence-electron chi connectivity index (χ0n) is 14.0. The molecule has 1 saturated heterocycles. The number of nitrogens with zero attached hydrogens (tertiary/aromatic N) is 4. The minimum Gasteiger partial charge on any atom is -0.353 e. The SMILES string of the molecule is O=C(NC1CCCCC1)C1CCN(c2nccn3ccnc23)CC1. The monoisotopic (exact) mass is 327 g/mol. The second-order valence-electron chi connectivity index (χ2n) is 7.01. The molecular weight excluding hydrogens is 302 g/mol. The Hall–Kier alpha value is -2.11. The van der Waals surface area contributed by atoms with Crippen LogP contribution in [-0.2, 0) is 4.79 Å². The van der Waals surface area contributed by atoms with E-state index in [-0.39, 0.29) is 11.8 Å². The molecule has 0 radical (unpaired) electrons. The van der Waals surface area contributed by atoms with Crippen molar-refractivity contribution in [1.82, 2.24) is 19.7 Å². The summed E-state index contributed by atoms with van der Waals surface area (Å²) in [6.45, 7) is 1.73. The van der Waals surface area contributed by atoms with Gasteiger partial charge in [-0.1, -0.05) is 19.3 Å². The van der Waals surface area contributed by atoms with Crippen molar-refractivity contribution in [3.8, 4) is 0 Å². The Morgan fingerprint density at radius 2 is 1.71 bits per heavy atom. The summed E-state index contributed by atoms with van der Waals surface area (Å²) >= 11 is 0. The highest BCUT2D eigenvalue weighted by atomic mass is 16.1. The maximum atomic E-state index is 12.5. The Balaban J connectivity index is 1.36. The molecule has 0 bridgehead atoms. The van der Waals surface area contributed by atoms with Crippen LogP contribution in [0.5, 0.6) is 0 Å². The summed E-state index contributed by atoms with van der Waals surface area (Å²) in [5, 5.41) is 3.28. The first-order valence-electron chi connectivity index (χ1n) is 9.14. The first kappa shape index (κ1) is 15.4. The summed E-state index contributed by atoms with van der Waals surface area (Å²) in [4.78, 5) is 23.7. The van der Waals surface area contributed by atoms with E-state index in [2.05, 4.69) is 20.2 Å². The van der Waals surface area contributed by atoms with Gasteiger partial charge in [0.2, 0.25) is 5.91 Å². The summed E-state index contributed by atoms with van der Waals surface area (Å²) < 4.78 is 1.99. The van der Waals surface area contributed by atoms with E-state index in [4.69, 9.17) is 0 Å². The van der Waals surface area contributed by atoms with Gasteiger partial charge in [-0.15, -0.1) is 0 Å². The highest BCUT2D eigenvalue weighted by Gasteiger charge is 2.28. The number of imidazole rings is 1. The van der Waals surface area contributed by atoms with Crippen LogP contribution in [0.25, 0.3) is 5.65 Å². The molecule has 1 aliphatic heterocycles. The Morgan fingerprint density at radius 3 is 2.46 bits per heavy atom. The van der Waals surface area contributed by atoms with Crippen molar-refractivity contribution < 1.29 is 4.79 Å². The van der Waals surface area contributed by atoms with Gasteiger partial charge in [0.05, 0.1) is 0 Å². The molecule has 1 saturated carbocycles. The maximum Gasteiger partial charge on any atom is 0.223 e. The predicted octanol–water partition coefficient (Wildman–Crippen LogP) is 2.39. The van der Waals surface area contributed by atoms with Crippen molar-refractivity contribution in [2.45, 2.75) is 51.0 Å². The average molecular weight is 327 g/mol. The lowest BCUT2D eigenvalue weighted by Gasteiger charge is -2.33. The number of hydrogen-bond acceptors (Lipinski definition) is 4. The molecule has 0 aromatic carbocycles. The maximum absolute atomic E-state index is 12.5. The molecule has 1 amide bonds. The third-order valence-corrected chi connectivity index (χ3v) is 5.41. The lowest BCUT2D eigenvalue weighted by atomic mass is 9.92. The highest BCUT2D eigenvalue weighted by Crippen LogP contribution is 2.25. The minimum absolute atomic E-state index is 0.141. The van der Waals surface area contributed by atoms with Gasteiger partial charge in [-0.25, -0.2) is 9.97 Å². The number of anilines is 1. The van der Waals surface area contributed by atoms with Gasteiger partial charge in [-0.3, -0.25) is 4.79 Å². The first-order chi connectivity index (χ1) is 11.8. The standard InChI is InChI=1S/C18H25N5O/c24-18(21-15-4-2-1-3-5-15)14-6-10-22(11-7-14)16-17-20-9-13-23(17)12-8-19-16/h8-9,12-15H,1-7,10-11H2,(H,21,24). The molecular formula is C18H25N5O. The van der Waals surface area contributed by atoms with Gasteiger partial charge in [-0.2, -0.15) is 0 Å². The van der Waals surface area contributed by atoms with Gasteiger partial charge < -0.3 is 14.6 Å². The molecule has 2 aliphatic rings. The normalized spacial score (nSPS) is 20.4. The van der Waals surface area contributed by atoms with Crippen molar-refractivity contribution >= 4 is 17.4 Å². The van der Waals surface area contributed by atoms with E-state index in [0.29, 0.717) is 6.04 Å². The largest absolute Gasteiger partial charge is 0.353 e. The van der Waals surface area contributed by atoms with Crippen molar-refractivity contribution in [2.24, 2.45) is 5.92 Å². The Kier molecular flexibility index (Phi) is 4.36. The Bertz CT molecular complexity index is 698. The quantitative estimate of drug-likeness (QED) is 0.940. The molecule has 0 spiro atoms. The fraction of sp³-hybridized carbons (Fsp3) is 0.611. The van der Waals surface area contributed by atoms with Crippen molar-refractivity contribution in [2.75, 3.05) is 18.0 Å². The second-order valence-corrected chi connectivity index (χ2v) is 7.01. The lowest BCUT2D eigenvalue weighted by molar-refractivity contribution is -0.126. The van der Waals surface area contributed by atoms with E-state index in [1.54, 1.807) is 6.20 Å². The lowest BCUT2D eigenvalue weighted by Crippen LogP contribution is -2.44. The summed E-state index contributed by atoms with van der Waals surface area (Å²) in [6, 6.07) is 0.407. The molecule has 6 heteroatoms. The summed E-state index contributed by atoms with van der Waals surface area (Å²) in [5.41, 5.74) is 0.891. The molecule has 3 heterocycles. The number of hydrogen-bond donors (Lipinski definition) is 1. The van der Waals surface area contributed by atoms with E-state index in [1.165, 1.54) is 19.3 Å². The van der Waals surface area contributed by atoms with Crippen LogP contribution in [0.15, 0.2) is 24.8 Å². The fourth-order valence-electron chi connectivity index (χ4n) is 3.98. The number of amides is 1. The molecule has 1 N–H and O–H groups in total. The van der Waals surface area contributed by atoms with Crippen LogP contribution in [0.4, 0.5) is 5.82 Å². The van der Waals surface area contributed by atoms with Crippen LogP contribution in [0.3, 0.4) is 0 Å². The first-order valence-corrected chi connectivity index (χ1v) is 9.14. The number of aromatic nitrogens is 3. The van der Waals surface area contributed by atoms with E-state index in [0.717, 1.165) is 50.2 Å². The van der Waals surface area contributed by atoms with Gasteiger partial charge in [0, 0.05) is 49.8 Å². The average Bonchev–Trinajstić information content (AvgIpc) is 3.11. The van der Waals surface area contributed by atoms with Crippen molar-refractivity contribution in [3.63, 3.8) is 0 Å². The summed E-state index contributed by atoms with van der Waals surface area (Å²) in [7, 11) is 0. The van der Waals surface area contributed by atoms with Gasteiger partial charge >= 0.3 is 0 Å². The number of fused-ring (bicyclic) bond motifs is 1. The second kappa shape index (κ2) is 6.79. The van der Waals surface area contributed by atoms with Crippen LogP contribution in [0.1, 0.15) is 44.9 Å². The van der Waals surface area contributed by atoms with Crippen LogP contribution in [-0.4, -0.2) is 39.4 Å². The number of rotatable bonds is 3. The zero-order chi connectivity index (χ0) is 16.4. The summed E-state index contributed by atoms with van der Waals surface area (Å²) in [6.07, 6.45) is 15.4. The van der Waals surface area contributed by atoms with E-state index in [1.807, 2.05) is 23.0 Å². The van der Waals surface area contributed by atoms with Crippen molar-refractivity contribution in [3.05, 3.63) is 24.8 Å². The Morgan fingerprint density at radius 1 is 1.00 bits per heavy atom. The topological polar surface area (TPSA) is 62.5 Å². The van der Waals surface area contributed by atoms with Gasteiger partial charge in [0.15, 0.2) is 11.5 Å². The molecule has 2 fully saturated rings. The third-order valence-electron chi connectivity index (χ3n) is 5.41. The molecule has 0 unspecified atom stereocenters.